The Bertz CT molecular complexity index is 814. The summed E-state index contributed by atoms with van der Waals surface area (Å²) in [6.45, 7) is 7.51. The van der Waals surface area contributed by atoms with Crippen molar-refractivity contribution >= 4 is 58.1 Å². The molecule has 2 rings (SSSR count). The molecule has 0 N–H and O–H groups in total. The van der Waals surface area contributed by atoms with Crippen molar-refractivity contribution in [2.45, 2.75) is 39.8 Å². The number of hydrogen-bond acceptors (Lipinski definition) is 6. The number of benzene rings is 1. The number of thioether (sulfide) groups is 1. The highest BCUT2D eigenvalue weighted by Gasteiger charge is 2.35. The summed E-state index contributed by atoms with van der Waals surface area (Å²) in [4.78, 5) is 30.8. The van der Waals surface area contributed by atoms with E-state index in [1.165, 1.54) is 18.9 Å². The summed E-state index contributed by atoms with van der Waals surface area (Å²) < 4.78 is 9.84. The van der Waals surface area contributed by atoms with Gasteiger partial charge < -0.3 is 9.47 Å². The van der Waals surface area contributed by atoms with Crippen LogP contribution in [0, 0.1) is 0 Å². The van der Waals surface area contributed by atoms with Crippen LogP contribution in [0.3, 0.4) is 0 Å². The van der Waals surface area contributed by atoms with E-state index in [-0.39, 0.29) is 40.4 Å². The second-order valence-electron chi connectivity index (χ2n) is 6.56. The van der Waals surface area contributed by atoms with Crippen LogP contribution >= 0.6 is 35.0 Å². The quantitative estimate of drug-likeness (QED) is 0.472. The van der Waals surface area contributed by atoms with E-state index >= 15 is 0 Å². The molecule has 28 heavy (non-hydrogen) atoms. The lowest BCUT2D eigenvalue weighted by Crippen LogP contribution is -2.35. The highest BCUT2D eigenvalue weighted by atomic mass is 35.5. The fourth-order valence-corrected chi connectivity index (χ4v) is 4.24. The first-order chi connectivity index (χ1) is 13.1. The Labute approximate surface area is 178 Å². The van der Waals surface area contributed by atoms with Gasteiger partial charge in [-0.15, -0.1) is 0 Å². The van der Waals surface area contributed by atoms with E-state index in [0.29, 0.717) is 15.6 Å². The molecule has 0 bridgehead atoms. The predicted octanol–water partition coefficient (Wildman–Crippen LogP) is 4.63. The average Bonchev–Trinajstić information content (AvgIpc) is 2.88. The van der Waals surface area contributed by atoms with Gasteiger partial charge in [-0.1, -0.05) is 23.2 Å². The second kappa shape index (κ2) is 9.67. The molecular weight excluding hydrogens is 423 g/mol. The van der Waals surface area contributed by atoms with Gasteiger partial charge in [0.25, 0.3) is 5.91 Å². The minimum atomic E-state index is -0.544. The molecule has 1 saturated heterocycles. The summed E-state index contributed by atoms with van der Waals surface area (Å²) in [5.41, 5.74) is 0.644. The molecule has 0 saturated carbocycles. The summed E-state index contributed by atoms with van der Waals surface area (Å²) in [7, 11) is 1.26. The fraction of sp³-hybridized carbons (Fsp3) is 0.421. The lowest BCUT2D eigenvalue weighted by atomic mass is 10.2. The molecule has 1 aliphatic heterocycles. The first-order valence-corrected chi connectivity index (χ1v) is 10.2. The number of methoxy groups -OCH3 is 1. The Morgan fingerprint density at radius 1 is 1.25 bits per heavy atom. The van der Waals surface area contributed by atoms with E-state index in [0.717, 1.165) is 0 Å². The van der Waals surface area contributed by atoms with Crippen LogP contribution in [-0.4, -0.2) is 47.7 Å². The third-order valence-electron chi connectivity index (χ3n) is 3.60. The number of ether oxygens (including phenoxy) is 2. The topological polar surface area (TPSA) is 68.2 Å². The molecule has 1 aliphatic rings. The highest BCUT2D eigenvalue weighted by Crippen LogP contribution is 2.38. The first-order valence-electron chi connectivity index (χ1n) is 8.63. The minimum absolute atomic E-state index is 0.00956. The van der Waals surface area contributed by atoms with E-state index in [9.17, 15) is 9.59 Å². The number of aliphatic imine (C=N–C) groups is 1. The number of nitrogens with zero attached hydrogens (tertiary/aromatic N) is 2. The second-order valence-corrected chi connectivity index (χ2v) is 8.39. The third-order valence-corrected chi connectivity index (χ3v) is 5.16. The Kier molecular flexibility index (Phi) is 7.80. The van der Waals surface area contributed by atoms with Crippen LogP contribution < -0.4 is 4.74 Å². The summed E-state index contributed by atoms with van der Waals surface area (Å²) in [5.74, 6) is -0.471. The van der Waals surface area contributed by atoms with E-state index in [1.807, 2.05) is 27.7 Å². The molecule has 0 aromatic heterocycles. The van der Waals surface area contributed by atoms with Gasteiger partial charge in [-0.05, 0) is 63.2 Å². The minimum Gasteiger partial charge on any atom is -0.479 e. The molecule has 1 aromatic carbocycles. The molecule has 0 radical (unpaired) electrons. The van der Waals surface area contributed by atoms with Crippen molar-refractivity contribution in [3.8, 4) is 5.75 Å². The molecule has 9 heteroatoms. The van der Waals surface area contributed by atoms with E-state index in [1.54, 1.807) is 23.1 Å². The van der Waals surface area contributed by atoms with Gasteiger partial charge in [0, 0.05) is 12.1 Å². The van der Waals surface area contributed by atoms with Crippen molar-refractivity contribution in [2.24, 2.45) is 4.99 Å². The SMILES string of the molecule is COC(=O)COc1c(Cl)cc(/C=C2/SC(=NC(C)C)N(C(C)C)C2=O)cc1Cl. The number of amides is 1. The number of halogens is 2. The monoisotopic (exact) mass is 444 g/mol. The van der Waals surface area contributed by atoms with Gasteiger partial charge >= 0.3 is 5.97 Å². The average molecular weight is 445 g/mol. The van der Waals surface area contributed by atoms with Gasteiger partial charge in [-0.25, -0.2) is 4.79 Å². The molecule has 0 unspecified atom stereocenters. The Morgan fingerprint density at radius 3 is 2.36 bits per heavy atom. The summed E-state index contributed by atoms with van der Waals surface area (Å²) in [6.07, 6.45) is 1.72. The lowest BCUT2D eigenvalue weighted by molar-refractivity contribution is -0.142. The smallest absolute Gasteiger partial charge is 0.343 e. The number of rotatable bonds is 6. The molecule has 1 heterocycles. The van der Waals surface area contributed by atoms with E-state index in [2.05, 4.69) is 9.73 Å². The molecule has 1 amide bonds. The molecule has 6 nitrogen and oxygen atoms in total. The molecular formula is C19H22Cl2N2O4S. The van der Waals surface area contributed by atoms with Crippen LogP contribution in [-0.2, 0) is 14.3 Å². The standard InChI is InChI=1S/C19H22Cl2N2O4S/c1-10(2)22-19-23(11(3)4)18(25)15(28-19)8-12-6-13(20)17(14(21)7-12)27-9-16(24)26-5/h6-8,10-11H,9H2,1-5H3/b15-8+,22-19?. The van der Waals surface area contributed by atoms with Crippen LogP contribution in [0.2, 0.25) is 10.0 Å². The maximum Gasteiger partial charge on any atom is 0.343 e. The van der Waals surface area contributed by atoms with Crippen LogP contribution in [0.15, 0.2) is 22.0 Å². The van der Waals surface area contributed by atoms with Gasteiger partial charge in [-0.2, -0.15) is 0 Å². The first kappa shape index (κ1) is 22.6. The van der Waals surface area contributed by atoms with Gasteiger partial charge in [0.15, 0.2) is 17.5 Å². The summed E-state index contributed by atoms with van der Waals surface area (Å²) >= 11 is 13.8. The number of carbonyl (C=O) groups excluding carboxylic acids is 2. The van der Waals surface area contributed by atoms with Gasteiger partial charge in [0.1, 0.15) is 0 Å². The number of hydrogen-bond donors (Lipinski definition) is 0. The molecule has 1 fully saturated rings. The molecule has 0 aliphatic carbocycles. The van der Waals surface area contributed by atoms with Crippen molar-refractivity contribution in [1.29, 1.82) is 0 Å². The van der Waals surface area contributed by atoms with Crippen molar-refractivity contribution in [3.05, 3.63) is 32.6 Å². The van der Waals surface area contributed by atoms with Crippen molar-refractivity contribution in [1.82, 2.24) is 4.90 Å². The van der Waals surface area contributed by atoms with Crippen LogP contribution in [0.5, 0.6) is 5.75 Å². The van der Waals surface area contributed by atoms with Gasteiger partial charge in [0.05, 0.1) is 22.1 Å². The van der Waals surface area contributed by atoms with Crippen molar-refractivity contribution in [2.75, 3.05) is 13.7 Å². The zero-order valence-electron chi connectivity index (χ0n) is 16.3. The van der Waals surface area contributed by atoms with Crippen LogP contribution in [0.1, 0.15) is 33.3 Å². The Hall–Kier alpha value is -1.70. The van der Waals surface area contributed by atoms with Crippen molar-refractivity contribution in [3.63, 3.8) is 0 Å². The summed E-state index contributed by atoms with van der Waals surface area (Å²) in [6, 6.07) is 3.31. The zero-order valence-corrected chi connectivity index (χ0v) is 18.6. The van der Waals surface area contributed by atoms with E-state index in [4.69, 9.17) is 27.9 Å². The number of amidine groups is 1. The highest BCUT2D eigenvalue weighted by molar-refractivity contribution is 8.18. The Morgan fingerprint density at radius 2 is 1.86 bits per heavy atom. The third kappa shape index (κ3) is 5.43. The van der Waals surface area contributed by atoms with E-state index < -0.39 is 5.97 Å². The van der Waals surface area contributed by atoms with Crippen LogP contribution in [0.25, 0.3) is 6.08 Å². The maximum atomic E-state index is 12.8. The fourth-order valence-electron chi connectivity index (χ4n) is 2.39. The normalized spacial score (nSPS) is 17.3. The van der Waals surface area contributed by atoms with Gasteiger partial charge in [-0.3, -0.25) is 14.7 Å². The Balaban J connectivity index is 2.32. The number of esters is 1. The van der Waals surface area contributed by atoms with Crippen molar-refractivity contribution < 1.29 is 19.1 Å². The largest absolute Gasteiger partial charge is 0.479 e. The molecule has 152 valence electrons. The van der Waals surface area contributed by atoms with Crippen LogP contribution in [0.4, 0.5) is 0 Å². The number of carbonyl (C=O) groups is 2. The predicted molar refractivity (Wildman–Crippen MR) is 114 cm³/mol. The molecule has 1 aromatic rings. The zero-order chi connectivity index (χ0) is 21.0. The molecule has 0 atom stereocenters. The van der Waals surface area contributed by atoms with Gasteiger partial charge in [0.2, 0.25) is 0 Å². The summed E-state index contributed by atoms with van der Waals surface area (Å²) in [5, 5.41) is 1.14. The molecule has 0 spiro atoms. The lowest BCUT2D eigenvalue weighted by Gasteiger charge is -2.20. The maximum absolute atomic E-state index is 12.8.